The molecule has 0 aromatic heterocycles. The van der Waals surface area contributed by atoms with Gasteiger partial charge in [0.1, 0.15) is 0 Å². The molecule has 1 N–H and O–H groups in total. The van der Waals surface area contributed by atoms with E-state index in [1.165, 1.54) is 7.11 Å². The number of esters is 1. The molecule has 0 heterocycles. The van der Waals surface area contributed by atoms with Crippen molar-refractivity contribution < 1.29 is 14.3 Å². The van der Waals surface area contributed by atoms with Crippen LogP contribution in [0.1, 0.15) is 18.1 Å². The van der Waals surface area contributed by atoms with Gasteiger partial charge in [-0.25, -0.2) is 4.79 Å². The molecule has 2 aromatic carbocycles. The van der Waals surface area contributed by atoms with E-state index in [0.29, 0.717) is 17.3 Å². The van der Waals surface area contributed by atoms with Crippen LogP contribution >= 0.6 is 11.6 Å². The van der Waals surface area contributed by atoms with Crippen LogP contribution in [-0.4, -0.2) is 30.6 Å². The third-order valence-corrected chi connectivity index (χ3v) is 4.19. The van der Waals surface area contributed by atoms with Gasteiger partial charge in [-0.3, -0.25) is 4.79 Å². The summed E-state index contributed by atoms with van der Waals surface area (Å²) in [6.07, 6.45) is 0. The summed E-state index contributed by atoms with van der Waals surface area (Å²) in [4.78, 5) is 26.1. The maximum Gasteiger partial charge on any atom is 0.322 e. The van der Waals surface area contributed by atoms with Crippen molar-refractivity contribution in [2.45, 2.75) is 20.4 Å². The van der Waals surface area contributed by atoms with E-state index < -0.39 is 5.92 Å². The highest BCUT2D eigenvalue weighted by Gasteiger charge is 2.22. The highest BCUT2D eigenvalue weighted by atomic mass is 35.5. The first-order valence-electron chi connectivity index (χ1n) is 8.34. The number of halogens is 1. The first-order chi connectivity index (χ1) is 12.4. The maximum absolute atomic E-state index is 12.8. The van der Waals surface area contributed by atoms with Gasteiger partial charge in [0.15, 0.2) is 0 Å². The van der Waals surface area contributed by atoms with Gasteiger partial charge in [-0.2, -0.15) is 0 Å². The quantitative estimate of drug-likeness (QED) is 0.758. The second-order valence-corrected chi connectivity index (χ2v) is 6.67. The average molecular weight is 375 g/mol. The lowest BCUT2D eigenvalue weighted by molar-refractivity contribution is -0.145. The molecule has 138 valence electrons. The fourth-order valence-electron chi connectivity index (χ4n) is 2.51. The van der Waals surface area contributed by atoms with E-state index in [-0.39, 0.29) is 18.5 Å². The zero-order valence-corrected chi connectivity index (χ0v) is 15.9. The molecule has 26 heavy (non-hydrogen) atoms. The molecule has 0 spiro atoms. The van der Waals surface area contributed by atoms with Gasteiger partial charge in [-0.05, 0) is 30.7 Å². The second-order valence-electron chi connectivity index (χ2n) is 6.23. The number of hydrogen-bond donors (Lipinski definition) is 1. The van der Waals surface area contributed by atoms with Gasteiger partial charge in [-0.1, -0.05) is 54.4 Å². The summed E-state index contributed by atoms with van der Waals surface area (Å²) in [5, 5.41) is 3.36. The molecule has 0 saturated heterocycles. The van der Waals surface area contributed by atoms with Gasteiger partial charge in [0.2, 0.25) is 0 Å². The first kappa shape index (κ1) is 19.8. The molecule has 2 rings (SSSR count). The van der Waals surface area contributed by atoms with Crippen LogP contribution in [0.4, 0.5) is 10.5 Å². The van der Waals surface area contributed by atoms with Gasteiger partial charge >= 0.3 is 12.0 Å². The fraction of sp³-hybridized carbons (Fsp3) is 0.300. The predicted molar refractivity (Wildman–Crippen MR) is 103 cm³/mol. The van der Waals surface area contributed by atoms with E-state index in [1.807, 2.05) is 31.2 Å². The van der Waals surface area contributed by atoms with Gasteiger partial charge in [0.25, 0.3) is 0 Å². The Hall–Kier alpha value is -2.53. The number of nitrogens with zero attached hydrogens (tertiary/aromatic N) is 1. The molecule has 2 aromatic rings. The van der Waals surface area contributed by atoms with Crippen LogP contribution in [0.2, 0.25) is 5.02 Å². The van der Waals surface area contributed by atoms with Gasteiger partial charge in [-0.15, -0.1) is 0 Å². The number of anilines is 1. The number of urea groups is 1. The molecule has 1 unspecified atom stereocenters. The topological polar surface area (TPSA) is 58.6 Å². The van der Waals surface area contributed by atoms with Crippen molar-refractivity contribution in [3.05, 3.63) is 64.7 Å². The Balaban J connectivity index is 2.16. The molecular weight excluding hydrogens is 352 g/mol. The van der Waals surface area contributed by atoms with E-state index in [0.717, 1.165) is 11.1 Å². The predicted octanol–water partition coefficient (Wildman–Crippen LogP) is 4.49. The standard InChI is InChI=1S/C20H23ClN2O3/c1-14-7-9-16(10-8-14)13-23(12-15(2)19(24)26-3)20(25)22-18-6-4-5-17(21)11-18/h4-11,15H,12-13H2,1-3H3,(H,22,25). The molecule has 0 fully saturated rings. The van der Waals surface area contributed by atoms with Crippen molar-refractivity contribution >= 4 is 29.3 Å². The number of hydrogen-bond acceptors (Lipinski definition) is 3. The molecule has 5 nitrogen and oxygen atoms in total. The zero-order chi connectivity index (χ0) is 19.1. The fourth-order valence-corrected chi connectivity index (χ4v) is 2.70. The number of rotatable bonds is 6. The molecule has 0 radical (unpaired) electrons. The summed E-state index contributed by atoms with van der Waals surface area (Å²) in [6, 6.07) is 14.6. The van der Waals surface area contributed by atoms with Crippen LogP contribution in [0, 0.1) is 12.8 Å². The maximum atomic E-state index is 12.8. The molecule has 0 bridgehead atoms. The molecule has 0 aliphatic heterocycles. The molecule has 0 aliphatic rings. The number of nitrogens with one attached hydrogen (secondary N) is 1. The minimum atomic E-state index is -0.435. The number of amides is 2. The number of carbonyl (C=O) groups excluding carboxylic acids is 2. The van der Waals surface area contributed by atoms with Gasteiger partial charge < -0.3 is 15.0 Å². The van der Waals surface area contributed by atoms with E-state index >= 15 is 0 Å². The van der Waals surface area contributed by atoms with Crippen LogP contribution < -0.4 is 5.32 Å². The normalized spacial score (nSPS) is 11.5. The lowest BCUT2D eigenvalue weighted by Gasteiger charge is -2.25. The zero-order valence-electron chi connectivity index (χ0n) is 15.2. The molecule has 2 amide bonds. The highest BCUT2D eigenvalue weighted by molar-refractivity contribution is 6.30. The average Bonchev–Trinajstić information content (AvgIpc) is 2.62. The summed E-state index contributed by atoms with van der Waals surface area (Å²) in [5.74, 6) is -0.787. The third kappa shape index (κ3) is 5.77. The molecule has 0 saturated carbocycles. The lowest BCUT2D eigenvalue weighted by atomic mass is 10.1. The SMILES string of the molecule is COC(=O)C(C)CN(Cc1ccc(C)cc1)C(=O)Nc1cccc(Cl)c1. The summed E-state index contributed by atoms with van der Waals surface area (Å²) in [6.45, 7) is 4.37. The van der Waals surface area contributed by atoms with Crippen molar-refractivity contribution in [1.29, 1.82) is 0 Å². The largest absolute Gasteiger partial charge is 0.469 e. The Morgan fingerprint density at radius 1 is 1.19 bits per heavy atom. The first-order valence-corrected chi connectivity index (χ1v) is 8.71. The monoisotopic (exact) mass is 374 g/mol. The van der Waals surface area contributed by atoms with Crippen LogP contribution in [0.25, 0.3) is 0 Å². The smallest absolute Gasteiger partial charge is 0.322 e. The van der Waals surface area contributed by atoms with Crippen molar-refractivity contribution in [3.63, 3.8) is 0 Å². The Labute approximate surface area is 158 Å². The summed E-state index contributed by atoms with van der Waals surface area (Å²) in [7, 11) is 1.34. The third-order valence-electron chi connectivity index (χ3n) is 3.95. The Morgan fingerprint density at radius 3 is 2.50 bits per heavy atom. The van der Waals surface area contributed by atoms with Crippen molar-refractivity contribution in [2.75, 3.05) is 19.0 Å². The van der Waals surface area contributed by atoms with Crippen molar-refractivity contribution in [1.82, 2.24) is 4.90 Å². The van der Waals surface area contributed by atoms with Crippen molar-refractivity contribution in [2.24, 2.45) is 5.92 Å². The number of benzene rings is 2. The minimum absolute atomic E-state index is 0.243. The summed E-state index contributed by atoms with van der Waals surface area (Å²) in [5.41, 5.74) is 2.72. The van der Waals surface area contributed by atoms with E-state index in [4.69, 9.17) is 16.3 Å². The minimum Gasteiger partial charge on any atom is -0.469 e. The van der Waals surface area contributed by atoms with Crippen LogP contribution in [0.3, 0.4) is 0 Å². The highest BCUT2D eigenvalue weighted by Crippen LogP contribution is 2.17. The van der Waals surface area contributed by atoms with Gasteiger partial charge in [0, 0.05) is 23.8 Å². The molecule has 6 heteroatoms. The Morgan fingerprint density at radius 2 is 1.88 bits per heavy atom. The molecular formula is C20H23ClN2O3. The number of ether oxygens (including phenoxy) is 1. The van der Waals surface area contributed by atoms with Crippen molar-refractivity contribution in [3.8, 4) is 0 Å². The summed E-state index contributed by atoms with van der Waals surface area (Å²) >= 11 is 5.97. The van der Waals surface area contributed by atoms with Crippen LogP contribution in [0.15, 0.2) is 48.5 Å². The lowest BCUT2D eigenvalue weighted by Crippen LogP contribution is -2.39. The van der Waals surface area contributed by atoms with Crippen LogP contribution in [0.5, 0.6) is 0 Å². The van der Waals surface area contributed by atoms with E-state index in [9.17, 15) is 9.59 Å². The molecule has 0 aliphatic carbocycles. The number of aryl methyl sites for hydroxylation is 1. The molecule has 1 atom stereocenters. The van der Waals surface area contributed by atoms with Crippen LogP contribution in [-0.2, 0) is 16.1 Å². The number of methoxy groups -OCH3 is 1. The summed E-state index contributed by atoms with van der Waals surface area (Å²) < 4.78 is 4.78. The second kappa shape index (κ2) is 9.25. The number of carbonyl (C=O) groups is 2. The Kier molecular flexibility index (Phi) is 7.04. The van der Waals surface area contributed by atoms with E-state index in [2.05, 4.69) is 5.32 Å². The Bertz CT molecular complexity index is 762. The van der Waals surface area contributed by atoms with Gasteiger partial charge in [0.05, 0.1) is 13.0 Å². The van der Waals surface area contributed by atoms with E-state index in [1.54, 1.807) is 36.1 Å².